The normalized spacial score (nSPS) is 22.9. The fourth-order valence-electron chi connectivity index (χ4n) is 3.10. The first-order valence-electron chi connectivity index (χ1n) is 6.24. The van der Waals surface area contributed by atoms with Gasteiger partial charge in [0.2, 0.25) is 0 Å². The predicted molar refractivity (Wildman–Crippen MR) is 62.8 cm³/mol. The van der Waals surface area contributed by atoms with Gasteiger partial charge in [-0.25, -0.2) is 0 Å². The van der Waals surface area contributed by atoms with Crippen molar-refractivity contribution in [2.24, 2.45) is 0 Å². The van der Waals surface area contributed by atoms with Crippen LogP contribution in [0.2, 0.25) is 0 Å². The molecule has 1 aromatic carbocycles. The average molecular weight is 201 g/mol. The summed E-state index contributed by atoms with van der Waals surface area (Å²) in [5.74, 6) is 0. The first-order chi connectivity index (χ1) is 7.43. The van der Waals surface area contributed by atoms with Crippen LogP contribution in [0.4, 0.5) is 0 Å². The van der Waals surface area contributed by atoms with Crippen LogP contribution >= 0.6 is 0 Å². The lowest BCUT2D eigenvalue weighted by molar-refractivity contribution is 0.181. The zero-order chi connectivity index (χ0) is 10.1. The molecule has 2 aliphatic rings. The molecular formula is C14H19N. The largest absolute Gasteiger partial charge is 0.296 e. The highest BCUT2D eigenvalue weighted by molar-refractivity contribution is 5.29. The van der Waals surface area contributed by atoms with Gasteiger partial charge in [0.25, 0.3) is 0 Å². The molecule has 0 amide bonds. The van der Waals surface area contributed by atoms with E-state index in [1.165, 1.54) is 45.2 Å². The van der Waals surface area contributed by atoms with E-state index >= 15 is 0 Å². The maximum absolute atomic E-state index is 2.70. The van der Waals surface area contributed by atoms with Gasteiger partial charge in [-0.1, -0.05) is 37.1 Å². The number of nitrogens with zero attached hydrogens (tertiary/aromatic N) is 1. The van der Waals surface area contributed by atoms with E-state index in [9.17, 15) is 0 Å². The standard InChI is InChI=1S/C14H19N/c1-2-6-13-11-15(10-9-12(13)5-1)14-7-3-4-8-14/h1-2,5-6,14H,3-4,7-11H2. The Balaban J connectivity index is 1.76. The molecule has 1 aliphatic carbocycles. The summed E-state index contributed by atoms with van der Waals surface area (Å²) in [6.07, 6.45) is 7.02. The Morgan fingerprint density at radius 1 is 1.00 bits per heavy atom. The van der Waals surface area contributed by atoms with Gasteiger partial charge in [-0.15, -0.1) is 0 Å². The van der Waals surface area contributed by atoms with Crippen molar-refractivity contribution < 1.29 is 0 Å². The van der Waals surface area contributed by atoms with E-state index in [1.54, 1.807) is 11.1 Å². The van der Waals surface area contributed by atoms with Crippen LogP contribution in [-0.4, -0.2) is 17.5 Å². The minimum absolute atomic E-state index is 0.887. The maximum atomic E-state index is 2.70. The lowest BCUT2D eigenvalue weighted by atomic mass is 9.98. The van der Waals surface area contributed by atoms with Crippen molar-refractivity contribution >= 4 is 0 Å². The van der Waals surface area contributed by atoms with Gasteiger partial charge in [0.1, 0.15) is 0 Å². The summed E-state index contributed by atoms with van der Waals surface area (Å²) in [5, 5.41) is 0. The fraction of sp³-hybridized carbons (Fsp3) is 0.571. The SMILES string of the molecule is c1ccc2c(c1)CCN(C1CCCC1)C2. The molecule has 1 fully saturated rings. The Bertz CT molecular complexity index is 339. The van der Waals surface area contributed by atoms with Crippen molar-refractivity contribution in [1.82, 2.24) is 4.90 Å². The van der Waals surface area contributed by atoms with E-state index in [1.807, 2.05) is 0 Å². The van der Waals surface area contributed by atoms with Crippen LogP contribution in [0.15, 0.2) is 24.3 Å². The summed E-state index contributed by atoms with van der Waals surface area (Å²) in [6.45, 7) is 2.47. The minimum atomic E-state index is 0.887. The van der Waals surface area contributed by atoms with Crippen molar-refractivity contribution in [3.05, 3.63) is 35.4 Å². The van der Waals surface area contributed by atoms with Gasteiger partial charge in [-0.05, 0) is 30.4 Å². The van der Waals surface area contributed by atoms with E-state index in [-0.39, 0.29) is 0 Å². The molecule has 15 heavy (non-hydrogen) atoms. The number of rotatable bonds is 1. The summed E-state index contributed by atoms with van der Waals surface area (Å²) in [5.41, 5.74) is 3.14. The number of hydrogen-bond donors (Lipinski definition) is 0. The highest BCUT2D eigenvalue weighted by atomic mass is 15.2. The predicted octanol–water partition coefficient (Wildman–Crippen LogP) is 2.99. The molecule has 1 aliphatic heterocycles. The van der Waals surface area contributed by atoms with E-state index in [0.29, 0.717) is 0 Å². The molecule has 0 radical (unpaired) electrons. The fourth-order valence-corrected chi connectivity index (χ4v) is 3.10. The average Bonchev–Trinajstić information content (AvgIpc) is 2.82. The summed E-state index contributed by atoms with van der Waals surface area (Å²) < 4.78 is 0. The molecule has 0 aromatic heterocycles. The second-order valence-electron chi connectivity index (χ2n) is 4.93. The lowest BCUT2D eigenvalue weighted by Crippen LogP contribution is -2.37. The van der Waals surface area contributed by atoms with Crippen LogP contribution in [-0.2, 0) is 13.0 Å². The van der Waals surface area contributed by atoms with E-state index in [4.69, 9.17) is 0 Å². The molecule has 1 aromatic rings. The Kier molecular flexibility index (Phi) is 2.49. The molecule has 0 atom stereocenters. The number of fused-ring (bicyclic) bond motifs is 1. The highest BCUT2D eigenvalue weighted by Crippen LogP contribution is 2.28. The highest BCUT2D eigenvalue weighted by Gasteiger charge is 2.25. The van der Waals surface area contributed by atoms with Crippen molar-refractivity contribution in [2.75, 3.05) is 6.54 Å². The molecule has 0 bridgehead atoms. The molecule has 0 saturated heterocycles. The number of benzene rings is 1. The topological polar surface area (TPSA) is 3.24 Å². The Morgan fingerprint density at radius 2 is 1.73 bits per heavy atom. The first kappa shape index (κ1) is 9.41. The quantitative estimate of drug-likeness (QED) is 0.675. The Hall–Kier alpha value is -0.820. The van der Waals surface area contributed by atoms with Crippen molar-refractivity contribution in [2.45, 2.75) is 44.7 Å². The van der Waals surface area contributed by atoms with Gasteiger partial charge in [0.15, 0.2) is 0 Å². The molecular weight excluding hydrogens is 182 g/mol. The van der Waals surface area contributed by atoms with Crippen LogP contribution < -0.4 is 0 Å². The van der Waals surface area contributed by atoms with Gasteiger partial charge in [0.05, 0.1) is 0 Å². The Morgan fingerprint density at radius 3 is 2.53 bits per heavy atom. The van der Waals surface area contributed by atoms with Crippen LogP contribution in [0.3, 0.4) is 0 Å². The third-order valence-electron chi connectivity index (χ3n) is 4.00. The molecule has 0 N–H and O–H groups in total. The molecule has 0 unspecified atom stereocenters. The van der Waals surface area contributed by atoms with E-state index in [0.717, 1.165) is 6.04 Å². The van der Waals surface area contributed by atoms with Gasteiger partial charge in [-0.3, -0.25) is 4.90 Å². The van der Waals surface area contributed by atoms with E-state index < -0.39 is 0 Å². The monoisotopic (exact) mass is 201 g/mol. The van der Waals surface area contributed by atoms with Crippen molar-refractivity contribution in [3.63, 3.8) is 0 Å². The Labute approximate surface area is 92.1 Å². The maximum Gasteiger partial charge on any atom is 0.0239 e. The summed E-state index contributed by atoms with van der Waals surface area (Å²) in [7, 11) is 0. The van der Waals surface area contributed by atoms with Crippen molar-refractivity contribution in [3.8, 4) is 0 Å². The molecule has 3 rings (SSSR count). The summed E-state index contributed by atoms with van der Waals surface area (Å²) >= 11 is 0. The smallest absolute Gasteiger partial charge is 0.0239 e. The van der Waals surface area contributed by atoms with Crippen LogP contribution in [0.1, 0.15) is 36.8 Å². The van der Waals surface area contributed by atoms with Crippen LogP contribution in [0.25, 0.3) is 0 Å². The van der Waals surface area contributed by atoms with E-state index in [2.05, 4.69) is 29.2 Å². The van der Waals surface area contributed by atoms with Gasteiger partial charge >= 0.3 is 0 Å². The third-order valence-corrected chi connectivity index (χ3v) is 4.00. The van der Waals surface area contributed by atoms with Gasteiger partial charge < -0.3 is 0 Å². The van der Waals surface area contributed by atoms with Gasteiger partial charge in [-0.2, -0.15) is 0 Å². The molecule has 0 spiro atoms. The van der Waals surface area contributed by atoms with Gasteiger partial charge in [0, 0.05) is 19.1 Å². The first-order valence-corrected chi connectivity index (χ1v) is 6.24. The molecule has 80 valence electrons. The van der Waals surface area contributed by atoms with Crippen molar-refractivity contribution in [1.29, 1.82) is 0 Å². The van der Waals surface area contributed by atoms with Crippen LogP contribution in [0, 0.1) is 0 Å². The summed E-state index contributed by atoms with van der Waals surface area (Å²) in [6, 6.07) is 9.83. The molecule has 1 nitrogen and oxygen atoms in total. The van der Waals surface area contributed by atoms with Crippen LogP contribution in [0.5, 0.6) is 0 Å². The summed E-state index contributed by atoms with van der Waals surface area (Å²) in [4.78, 5) is 2.70. The second kappa shape index (κ2) is 3.97. The second-order valence-corrected chi connectivity index (χ2v) is 4.93. The lowest BCUT2D eigenvalue weighted by Gasteiger charge is -2.33. The number of hydrogen-bond acceptors (Lipinski definition) is 1. The molecule has 1 heterocycles. The zero-order valence-electron chi connectivity index (χ0n) is 9.28. The molecule has 1 heteroatoms. The minimum Gasteiger partial charge on any atom is -0.296 e. The zero-order valence-corrected chi connectivity index (χ0v) is 9.28. The molecule has 1 saturated carbocycles. The third kappa shape index (κ3) is 1.81.